The van der Waals surface area contributed by atoms with E-state index in [9.17, 15) is 28.8 Å². The van der Waals surface area contributed by atoms with E-state index in [1.165, 1.54) is 9.80 Å². The van der Waals surface area contributed by atoms with Gasteiger partial charge in [-0.25, -0.2) is 0 Å². The molecule has 0 atom stereocenters. The van der Waals surface area contributed by atoms with E-state index in [-0.39, 0.29) is 62.8 Å². The van der Waals surface area contributed by atoms with Crippen LogP contribution in [-0.4, -0.2) is 118 Å². The van der Waals surface area contributed by atoms with Gasteiger partial charge in [-0.3, -0.25) is 48.4 Å². The lowest BCUT2D eigenvalue weighted by molar-refractivity contribution is -0.173. The molecule has 0 aliphatic carbocycles. The molecule has 0 aromatic heterocycles. The SMILES string of the molecule is CN1C(C)(C)C(=O)N(CCCC(=O)OCCCCOC(=O)CCCN2C(=O)C(C)(C)N(C)C(C)(C)C2=O)C(=O)C1(C)C. The summed E-state index contributed by atoms with van der Waals surface area (Å²) >= 11 is 0. The Labute approximate surface area is 250 Å². The first-order valence-corrected chi connectivity index (χ1v) is 14.7. The number of carbonyl (C=O) groups excluding carboxylic acids is 6. The van der Waals surface area contributed by atoms with Crippen molar-refractivity contribution in [3.8, 4) is 0 Å². The number of rotatable bonds is 13. The zero-order valence-corrected chi connectivity index (χ0v) is 27.1. The fourth-order valence-electron chi connectivity index (χ4n) is 5.37. The predicted molar refractivity (Wildman–Crippen MR) is 155 cm³/mol. The predicted octanol–water partition coefficient (Wildman–Crippen LogP) is 2.13. The smallest absolute Gasteiger partial charge is 0.305 e. The van der Waals surface area contributed by atoms with Gasteiger partial charge in [0.15, 0.2) is 0 Å². The van der Waals surface area contributed by atoms with Crippen LogP contribution in [0.15, 0.2) is 0 Å². The summed E-state index contributed by atoms with van der Waals surface area (Å²) in [5.74, 6) is -1.98. The molecule has 2 heterocycles. The Morgan fingerprint density at radius 2 is 0.786 bits per heavy atom. The quantitative estimate of drug-likeness (QED) is 0.177. The summed E-state index contributed by atoms with van der Waals surface area (Å²) in [7, 11) is 3.52. The van der Waals surface area contributed by atoms with E-state index < -0.39 is 34.1 Å². The Hall–Kier alpha value is -2.86. The molecule has 0 N–H and O–H groups in total. The van der Waals surface area contributed by atoms with Crippen LogP contribution in [0.2, 0.25) is 0 Å². The van der Waals surface area contributed by atoms with Gasteiger partial charge in [0.2, 0.25) is 23.6 Å². The lowest BCUT2D eigenvalue weighted by Crippen LogP contribution is -2.72. The minimum Gasteiger partial charge on any atom is -0.466 e. The molecule has 0 unspecified atom stereocenters. The molecule has 4 amide bonds. The Balaban J connectivity index is 1.62. The van der Waals surface area contributed by atoms with Gasteiger partial charge >= 0.3 is 11.9 Å². The van der Waals surface area contributed by atoms with Gasteiger partial charge in [-0.15, -0.1) is 0 Å². The van der Waals surface area contributed by atoms with Gasteiger partial charge in [-0.1, -0.05) is 0 Å². The number of ether oxygens (including phenoxy) is 2. The maximum atomic E-state index is 12.8. The highest BCUT2D eigenvalue weighted by atomic mass is 16.5. The highest BCUT2D eigenvalue weighted by Gasteiger charge is 2.54. The zero-order valence-electron chi connectivity index (χ0n) is 27.1. The molecule has 0 bridgehead atoms. The Morgan fingerprint density at radius 3 is 1.05 bits per heavy atom. The largest absolute Gasteiger partial charge is 0.466 e. The third-order valence-electron chi connectivity index (χ3n) is 9.02. The van der Waals surface area contributed by atoms with E-state index in [0.29, 0.717) is 25.7 Å². The number of carbonyl (C=O) groups is 6. The third kappa shape index (κ3) is 7.19. The van der Waals surface area contributed by atoms with Gasteiger partial charge < -0.3 is 9.47 Å². The molecule has 2 fully saturated rings. The third-order valence-corrected chi connectivity index (χ3v) is 9.02. The van der Waals surface area contributed by atoms with Crippen molar-refractivity contribution in [3.63, 3.8) is 0 Å². The van der Waals surface area contributed by atoms with E-state index in [1.54, 1.807) is 79.3 Å². The number of piperazine rings is 2. The van der Waals surface area contributed by atoms with Crippen molar-refractivity contribution < 1.29 is 38.2 Å². The second kappa shape index (κ2) is 13.2. The van der Waals surface area contributed by atoms with Gasteiger partial charge in [0.25, 0.3) is 0 Å². The lowest BCUT2D eigenvalue weighted by Gasteiger charge is -2.51. The summed E-state index contributed by atoms with van der Waals surface area (Å²) in [5.41, 5.74) is -3.34. The fraction of sp³-hybridized carbons (Fsp3) is 0.800. The van der Waals surface area contributed by atoms with Crippen LogP contribution in [0.4, 0.5) is 0 Å². The summed E-state index contributed by atoms with van der Waals surface area (Å²) in [4.78, 5) is 81.7. The average Bonchev–Trinajstić information content (AvgIpc) is 2.91. The fourth-order valence-corrected chi connectivity index (χ4v) is 5.37. The summed E-state index contributed by atoms with van der Waals surface area (Å²) in [6.45, 7) is 14.9. The van der Waals surface area contributed by atoms with E-state index in [4.69, 9.17) is 9.47 Å². The molecule has 0 aromatic carbocycles. The van der Waals surface area contributed by atoms with E-state index in [1.807, 2.05) is 0 Å². The molecule has 2 aliphatic rings. The van der Waals surface area contributed by atoms with Crippen LogP contribution in [0.3, 0.4) is 0 Å². The van der Waals surface area contributed by atoms with E-state index in [2.05, 4.69) is 0 Å². The Kier molecular flexibility index (Phi) is 11.1. The molecule has 238 valence electrons. The monoisotopic (exact) mass is 594 g/mol. The lowest BCUT2D eigenvalue weighted by atomic mass is 9.87. The number of likely N-dealkylation sites (N-methyl/N-ethyl adjacent to an activating group) is 2. The van der Waals surface area contributed by atoms with E-state index >= 15 is 0 Å². The first-order chi connectivity index (χ1) is 19.2. The number of amides is 4. The first-order valence-electron chi connectivity index (χ1n) is 14.7. The average molecular weight is 595 g/mol. The second-order valence-corrected chi connectivity index (χ2v) is 13.2. The molecule has 0 radical (unpaired) electrons. The van der Waals surface area contributed by atoms with Gasteiger partial charge in [0, 0.05) is 25.9 Å². The number of nitrogens with zero attached hydrogens (tertiary/aromatic N) is 4. The van der Waals surface area contributed by atoms with Crippen LogP contribution in [0, 0.1) is 0 Å². The topological polar surface area (TPSA) is 134 Å². The standard InChI is InChI=1S/C30H50N4O8/c1-27(2)23(37)33(24(38)28(3,4)31(27)9)17-13-15-21(35)41-19-11-12-20-42-22(36)16-14-18-34-25(39)29(5,6)32(10)30(7,8)26(34)40/h11-20H2,1-10H3. The molecule has 2 rings (SSSR count). The van der Waals surface area contributed by atoms with Crippen LogP contribution in [0.5, 0.6) is 0 Å². The molecular formula is C30H50N4O8. The molecule has 0 aromatic rings. The molecule has 0 saturated carbocycles. The molecule has 2 aliphatic heterocycles. The van der Waals surface area contributed by atoms with Crippen molar-refractivity contribution >= 4 is 35.6 Å². The van der Waals surface area contributed by atoms with Crippen molar-refractivity contribution in [2.75, 3.05) is 40.4 Å². The maximum Gasteiger partial charge on any atom is 0.305 e. The number of hydrogen-bond donors (Lipinski definition) is 0. The normalized spacial score (nSPS) is 22.0. The van der Waals surface area contributed by atoms with Gasteiger partial charge in [0.05, 0.1) is 35.4 Å². The highest BCUT2D eigenvalue weighted by molar-refractivity contribution is 6.06. The number of esters is 2. The molecule has 12 heteroatoms. The minimum absolute atomic E-state index is 0.0788. The van der Waals surface area contributed by atoms with Crippen LogP contribution >= 0.6 is 0 Å². The van der Waals surface area contributed by atoms with Gasteiger partial charge in [-0.05, 0) is 95.2 Å². The summed E-state index contributed by atoms with van der Waals surface area (Å²) in [6.07, 6.45) is 1.79. The number of unbranched alkanes of at least 4 members (excludes halogenated alkanes) is 1. The summed E-state index contributed by atoms with van der Waals surface area (Å²) in [6, 6.07) is 0. The van der Waals surface area contributed by atoms with Crippen molar-refractivity contribution in [2.45, 2.75) is 116 Å². The number of hydrogen-bond acceptors (Lipinski definition) is 10. The van der Waals surface area contributed by atoms with Crippen molar-refractivity contribution in [1.29, 1.82) is 0 Å². The van der Waals surface area contributed by atoms with Crippen LogP contribution < -0.4 is 0 Å². The van der Waals surface area contributed by atoms with Crippen LogP contribution in [0.25, 0.3) is 0 Å². The minimum atomic E-state index is -0.835. The summed E-state index contributed by atoms with van der Waals surface area (Å²) < 4.78 is 10.5. The van der Waals surface area contributed by atoms with Crippen LogP contribution in [0.1, 0.15) is 93.9 Å². The van der Waals surface area contributed by atoms with E-state index in [0.717, 1.165) is 0 Å². The molecule has 12 nitrogen and oxygen atoms in total. The van der Waals surface area contributed by atoms with Crippen molar-refractivity contribution in [2.24, 2.45) is 0 Å². The second-order valence-electron chi connectivity index (χ2n) is 13.2. The Bertz CT molecular complexity index is 941. The number of imide groups is 2. The summed E-state index contributed by atoms with van der Waals surface area (Å²) in [5, 5.41) is 0. The zero-order chi connectivity index (χ0) is 32.3. The van der Waals surface area contributed by atoms with Gasteiger partial charge in [0.1, 0.15) is 0 Å². The molecule has 0 spiro atoms. The van der Waals surface area contributed by atoms with Crippen molar-refractivity contribution in [3.05, 3.63) is 0 Å². The molecule has 42 heavy (non-hydrogen) atoms. The van der Waals surface area contributed by atoms with Gasteiger partial charge in [-0.2, -0.15) is 0 Å². The highest BCUT2D eigenvalue weighted by Crippen LogP contribution is 2.34. The van der Waals surface area contributed by atoms with Crippen molar-refractivity contribution in [1.82, 2.24) is 19.6 Å². The first kappa shape index (κ1) is 35.3. The maximum absolute atomic E-state index is 12.8. The molecular weight excluding hydrogens is 544 g/mol. The van der Waals surface area contributed by atoms with Crippen LogP contribution in [-0.2, 0) is 38.2 Å². The Morgan fingerprint density at radius 1 is 0.524 bits per heavy atom. The molecule has 2 saturated heterocycles.